The van der Waals surface area contributed by atoms with Crippen molar-refractivity contribution in [2.75, 3.05) is 88.0 Å². The van der Waals surface area contributed by atoms with E-state index in [-0.39, 0.29) is 54.6 Å². The van der Waals surface area contributed by atoms with Gasteiger partial charge in [0.05, 0.1) is 38.8 Å². The van der Waals surface area contributed by atoms with Crippen molar-refractivity contribution in [1.29, 1.82) is 0 Å². The lowest BCUT2D eigenvalue weighted by Gasteiger charge is -2.38. The van der Waals surface area contributed by atoms with Crippen LogP contribution in [0.4, 0.5) is 24.5 Å². The molecule has 5 amide bonds. The zero-order valence-electron chi connectivity index (χ0n) is 61.8. The van der Waals surface area contributed by atoms with Crippen LogP contribution < -0.4 is 25.6 Å². The summed E-state index contributed by atoms with van der Waals surface area (Å²) in [7, 11) is -11.1. The number of nitrogens with zero attached hydrogens (tertiary/aromatic N) is 6. The molecule has 2 aliphatic carbocycles. The molecule has 5 fully saturated rings. The van der Waals surface area contributed by atoms with Gasteiger partial charge in [0, 0.05) is 124 Å². The lowest BCUT2D eigenvalue weighted by Crippen LogP contribution is -2.57. The summed E-state index contributed by atoms with van der Waals surface area (Å²) in [6.07, 6.45) is 8.47. The second-order valence-corrected chi connectivity index (χ2v) is 37.2. The summed E-state index contributed by atoms with van der Waals surface area (Å²) in [5, 5.41) is 20.5. The zero-order chi connectivity index (χ0) is 76.9. The number of aryl methyl sites for hydroxylation is 1. The van der Waals surface area contributed by atoms with E-state index in [9.17, 15) is 59.1 Å². The number of aromatic nitrogens is 1. The monoisotopic (exact) mass is 1580 g/mol. The summed E-state index contributed by atoms with van der Waals surface area (Å²) in [6.45, 7) is 16.2. The van der Waals surface area contributed by atoms with Crippen molar-refractivity contribution in [3.63, 3.8) is 0 Å². The molecule has 28 heteroatoms. The number of thiazole rings is 1. The standard InChI is InChI=1S/C80H98ClF3N10O10S4/c1-52(54-17-19-56(20-18-54)73-53(2)85-51-106-73)86-76(99)69-41-64(95)49-94(69)77(100)74(78(3,4)5)88-71(96)15-11-6-7-12-16-72(97)93-47-59-45-91(46-60(59)48-93)36-32-62(50-105-65-13-9-8-10-14-65)87-68-30-29-66(42-70(68)107(101,102)80(82,83)84)108(103,104)89-75(98)57-23-27-63(28-24-57)92-39-37-90(38-40-92)44-58-43-79(34-35-79)33-31-67(58)55-21-25-61(81)26-22-55/h8-10,13-14,17-30,42,51-52,59-60,62,64,69,74,87,95H,6-7,11-12,15-16,31-41,43-50H2,1-5H3,(H,86,99)(H,88,96)(H,89,98)/t52-,59-,60+,62+,64+,69-,74+/m0/s1. The Bertz CT molecular complexity index is 4460. The Labute approximate surface area is 645 Å². The fraction of sp³-hybridized carbons (Fsp3) is 0.500. The van der Waals surface area contributed by atoms with Gasteiger partial charge in [-0.15, -0.1) is 23.1 Å². The van der Waals surface area contributed by atoms with Crippen LogP contribution in [0, 0.1) is 29.6 Å². The number of carbonyl (C=O) groups is 5. The number of halogens is 4. The molecular weight excluding hydrogens is 1480 g/mol. The van der Waals surface area contributed by atoms with Gasteiger partial charge in [-0.3, -0.25) is 28.9 Å². The fourth-order valence-corrected chi connectivity index (χ4v) is 19.8. The van der Waals surface area contributed by atoms with Crippen LogP contribution in [-0.4, -0.2) is 184 Å². The number of sulfone groups is 1. The molecular formula is C80H98ClF3N10O10S4. The summed E-state index contributed by atoms with van der Waals surface area (Å²) in [6, 6.07) is 31.2. The number of anilines is 2. The van der Waals surface area contributed by atoms with Gasteiger partial charge in [-0.1, -0.05) is 105 Å². The molecule has 6 aromatic rings. The van der Waals surface area contributed by atoms with Crippen LogP contribution in [0.3, 0.4) is 0 Å². The first-order valence-corrected chi connectivity index (χ1v) is 42.7. The highest BCUT2D eigenvalue weighted by Crippen LogP contribution is 2.59. The van der Waals surface area contributed by atoms with Gasteiger partial charge in [-0.25, -0.2) is 26.5 Å². The number of rotatable bonds is 29. The average molecular weight is 1580 g/mol. The molecule has 12 rings (SSSR count). The number of thioether (sulfide) groups is 1. The molecule has 7 atom stereocenters. The van der Waals surface area contributed by atoms with Crippen molar-refractivity contribution in [3.05, 3.63) is 160 Å². The van der Waals surface area contributed by atoms with E-state index < -0.39 is 88.2 Å². The Balaban J connectivity index is 0.593. The van der Waals surface area contributed by atoms with E-state index in [1.807, 2.05) is 111 Å². The van der Waals surface area contributed by atoms with Crippen molar-refractivity contribution in [2.45, 2.75) is 169 Å². The van der Waals surface area contributed by atoms with E-state index in [4.69, 9.17) is 11.6 Å². The number of allylic oxidation sites excluding steroid dienone is 1. The third-order valence-electron chi connectivity index (χ3n) is 22.3. The normalized spacial score (nSPS) is 20.7. The van der Waals surface area contributed by atoms with Crippen molar-refractivity contribution >= 4 is 101 Å². The van der Waals surface area contributed by atoms with E-state index in [2.05, 4.69) is 47.8 Å². The zero-order valence-corrected chi connectivity index (χ0v) is 65.8. The Kier molecular flexibility index (Phi) is 25.3. The lowest BCUT2D eigenvalue weighted by molar-refractivity contribution is -0.144. The van der Waals surface area contributed by atoms with Gasteiger partial charge >= 0.3 is 5.51 Å². The highest BCUT2D eigenvalue weighted by Gasteiger charge is 2.50. The van der Waals surface area contributed by atoms with E-state index in [1.165, 1.54) is 64.8 Å². The van der Waals surface area contributed by atoms with Crippen molar-refractivity contribution in [3.8, 4) is 10.4 Å². The van der Waals surface area contributed by atoms with Crippen LogP contribution in [0.5, 0.6) is 0 Å². The number of aliphatic hydroxyl groups is 1. The molecule has 0 bridgehead atoms. The Morgan fingerprint density at radius 2 is 1.44 bits per heavy atom. The quantitative estimate of drug-likeness (QED) is 0.0216. The molecule has 5 heterocycles. The maximum absolute atomic E-state index is 14.6. The maximum atomic E-state index is 14.6. The van der Waals surface area contributed by atoms with Gasteiger partial charge in [-0.05, 0) is 177 Å². The highest BCUT2D eigenvalue weighted by atomic mass is 35.5. The minimum absolute atomic E-state index is 0.0274. The SMILES string of the molecule is Cc1ncsc1-c1ccc([C@H](C)NC(=O)[C@@H]2C[C@@H](O)CN2C(=O)[C@@H](NC(=O)CCCCCCC(=O)N2C[C@H]3CN(CC[C@H](CSc4ccccc4)Nc4ccc(S(=O)(=O)NC(=O)c5ccc(N6CCN(CC7=C(c8ccc(Cl)cc8)CCC8(CC8)C7)CC6)cc5)cc4S(=O)(=O)C(F)(F)F)C[C@H]3C2)C(C)(C)C)cc1. The number of hydrogen-bond donors (Lipinski definition) is 5. The lowest BCUT2D eigenvalue weighted by atomic mass is 9.79. The number of likely N-dealkylation sites (tertiary alicyclic amines) is 3. The summed E-state index contributed by atoms with van der Waals surface area (Å²) in [5.41, 5.74) is 3.04. The summed E-state index contributed by atoms with van der Waals surface area (Å²) in [4.78, 5) is 83.1. The topological polar surface area (TPSA) is 251 Å². The Morgan fingerprint density at radius 1 is 0.769 bits per heavy atom. The van der Waals surface area contributed by atoms with Crippen molar-refractivity contribution in [2.24, 2.45) is 22.7 Å². The molecule has 20 nitrogen and oxygen atoms in total. The van der Waals surface area contributed by atoms with Gasteiger partial charge in [0.15, 0.2) is 0 Å². The van der Waals surface area contributed by atoms with Crippen molar-refractivity contribution in [1.82, 2.24) is 39.9 Å². The number of β-amino-alcohol motifs (C(OH)–C–C–N with tert-alkyl or cyclic N) is 1. The summed E-state index contributed by atoms with van der Waals surface area (Å²) >= 11 is 9.22. The van der Waals surface area contributed by atoms with Crippen LogP contribution in [0.2, 0.25) is 5.02 Å². The van der Waals surface area contributed by atoms with E-state index in [1.54, 1.807) is 29.0 Å². The van der Waals surface area contributed by atoms with Gasteiger partial charge in [0.25, 0.3) is 25.8 Å². The van der Waals surface area contributed by atoms with Crippen LogP contribution in [0.15, 0.2) is 147 Å². The number of amides is 5. The number of nitrogens with one attached hydrogen (secondary N) is 4. The number of carbonyl (C=O) groups excluding carboxylic acids is 5. The predicted octanol–water partition coefficient (Wildman–Crippen LogP) is 12.8. The number of hydrogen-bond acceptors (Lipinski definition) is 17. The number of unbranched alkanes of at least 4 members (excludes halogenated alkanes) is 3. The minimum atomic E-state index is -6.17. The number of fused-ring (bicyclic) bond motifs is 1. The van der Waals surface area contributed by atoms with E-state index in [0.717, 1.165) is 90.0 Å². The second kappa shape index (κ2) is 34.1. The number of aliphatic hydroxyl groups excluding tert-OH is 1. The molecule has 5 N–H and O–H groups in total. The molecule has 4 aliphatic heterocycles. The van der Waals surface area contributed by atoms with Gasteiger partial charge in [0.1, 0.15) is 17.0 Å². The minimum Gasteiger partial charge on any atom is -0.391 e. The average Bonchev–Trinajstić information content (AvgIpc) is 1.41. The molecule has 0 unspecified atom stereocenters. The van der Waals surface area contributed by atoms with Crippen LogP contribution in [-0.2, 0) is 39.0 Å². The summed E-state index contributed by atoms with van der Waals surface area (Å²) < 4.78 is 101. The molecule has 1 saturated carbocycles. The molecule has 1 spiro atoms. The summed E-state index contributed by atoms with van der Waals surface area (Å²) in [5.74, 6) is -1.49. The first-order chi connectivity index (χ1) is 51.4. The first-order valence-electron chi connectivity index (χ1n) is 37.5. The van der Waals surface area contributed by atoms with Crippen LogP contribution in [0.25, 0.3) is 16.0 Å². The third kappa shape index (κ3) is 19.7. The number of benzene rings is 5. The molecule has 5 aromatic carbocycles. The van der Waals surface area contributed by atoms with E-state index >= 15 is 0 Å². The maximum Gasteiger partial charge on any atom is 0.501 e. The van der Waals surface area contributed by atoms with Crippen molar-refractivity contribution < 1.29 is 59.1 Å². The molecule has 0 radical (unpaired) electrons. The van der Waals surface area contributed by atoms with Crippen LogP contribution >= 0.6 is 34.7 Å². The van der Waals surface area contributed by atoms with Crippen LogP contribution in [0.1, 0.15) is 144 Å². The largest absolute Gasteiger partial charge is 0.501 e. The number of sulfonamides is 1. The van der Waals surface area contributed by atoms with Gasteiger partial charge in [-0.2, -0.15) is 13.2 Å². The van der Waals surface area contributed by atoms with Gasteiger partial charge < -0.3 is 40.7 Å². The molecule has 4 saturated heterocycles. The highest BCUT2D eigenvalue weighted by molar-refractivity contribution is 7.99. The third-order valence-corrected chi connectivity index (χ3v) is 27.6. The van der Waals surface area contributed by atoms with E-state index in [0.29, 0.717) is 93.5 Å². The predicted molar refractivity (Wildman–Crippen MR) is 417 cm³/mol. The Morgan fingerprint density at radius 3 is 2.07 bits per heavy atom. The van der Waals surface area contributed by atoms with Gasteiger partial charge in [0.2, 0.25) is 23.6 Å². The fourth-order valence-electron chi connectivity index (χ4n) is 15.9. The molecule has 1 aromatic heterocycles. The molecule has 6 aliphatic rings. The smallest absolute Gasteiger partial charge is 0.391 e. The number of alkyl halides is 3. The first kappa shape index (κ1) is 80.2. The molecule has 580 valence electrons. The molecule has 108 heavy (non-hydrogen) atoms. The second-order valence-electron chi connectivity index (χ2n) is 31.2. The Hall–Kier alpha value is -7.37. The number of piperazine rings is 1.